The highest BCUT2D eigenvalue weighted by Crippen LogP contribution is 2.47. The molecule has 0 bridgehead atoms. The van der Waals surface area contributed by atoms with Crippen LogP contribution in [0.4, 0.5) is 5.82 Å². The van der Waals surface area contributed by atoms with Gasteiger partial charge in [-0.1, -0.05) is 103 Å². The van der Waals surface area contributed by atoms with Crippen molar-refractivity contribution in [2.24, 2.45) is 0 Å². The van der Waals surface area contributed by atoms with Crippen molar-refractivity contribution in [1.29, 1.82) is 0 Å². The first kappa shape index (κ1) is 21.8. The molecule has 5 heteroatoms. The zero-order chi connectivity index (χ0) is 27.5. The Labute approximate surface area is 238 Å². The van der Waals surface area contributed by atoms with E-state index in [4.69, 9.17) is 16.5 Å². The second-order valence-corrected chi connectivity index (χ2v) is 10.9. The molecular weight excluding hydrogens is 514 g/mol. The molecule has 4 aromatic heterocycles. The standard InChI is InChI=1S/C37H19N5/c1-38-36-25-14-4-7-15-29(25)39-37(40-36)42-31-17-9-6-13-24(31)28-20-27-23-12-5-8-16-30(23)41-33-22-11-3-2-10-21(22)18-19-26(33)32(34(27)41)35(28)42/h2-20H. The fourth-order valence-electron chi connectivity index (χ4n) is 7.20. The van der Waals surface area contributed by atoms with Crippen LogP contribution in [0.15, 0.2) is 115 Å². The van der Waals surface area contributed by atoms with Gasteiger partial charge in [0.25, 0.3) is 5.82 Å². The maximum absolute atomic E-state index is 7.93. The minimum absolute atomic E-state index is 0.361. The number of para-hydroxylation sites is 3. The van der Waals surface area contributed by atoms with Gasteiger partial charge in [0.2, 0.25) is 0 Å². The lowest BCUT2D eigenvalue weighted by Crippen LogP contribution is -2.01. The first-order chi connectivity index (χ1) is 20.8. The number of nitrogens with zero attached hydrogens (tertiary/aromatic N) is 5. The van der Waals surface area contributed by atoms with Crippen molar-refractivity contribution in [3.05, 3.63) is 127 Å². The van der Waals surface area contributed by atoms with Crippen molar-refractivity contribution in [2.75, 3.05) is 0 Å². The molecule has 0 aliphatic heterocycles. The van der Waals surface area contributed by atoms with Gasteiger partial charge in [0, 0.05) is 43.1 Å². The van der Waals surface area contributed by atoms with Gasteiger partial charge in [-0.2, -0.15) is 4.98 Å². The summed E-state index contributed by atoms with van der Waals surface area (Å²) >= 11 is 0. The van der Waals surface area contributed by atoms with Gasteiger partial charge in [0.05, 0.1) is 33.1 Å². The highest BCUT2D eigenvalue weighted by atomic mass is 15.2. The van der Waals surface area contributed by atoms with Crippen LogP contribution in [0.3, 0.4) is 0 Å². The number of hydrogen-bond donors (Lipinski definition) is 0. The molecule has 4 heterocycles. The molecular formula is C37H19N5. The highest BCUT2D eigenvalue weighted by molar-refractivity contribution is 6.36. The molecule has 0 saturated heterocycles. The Balaban J connectivity index is 1.53. The molecule has 42 heavy (non-hydrogen) atoms. The SMILES string of the molecule is [C-]#[N+]c1nc(-n2c3ccccc3c3cc4c5ccccc5n5c6c7ccccc7ccc6c(c32)c45)nc2ccccc12. The second kappa shape index (κ2) is 7.60. The Bertz CT molecular complexity index is 2810. The predicted octanol–water partition coefficient (Wildman–Crippen LogP) is 9.58. The minimum atomic E-state index is 0.361. The van der Waals surface area contributed by atoms with Crippen LogP contribution in [0, 0.1) is 6.57 Å². The van der Waals surface area contributed by atoms with Crippen LogP contribution in [-0.4, -0.2) is 18.9 Å². The van der Waals surface area contributed by atoms with Crippen LogP contribution < -0.4 is 0 Å². The van der Waals surface area contributed by atoms with Gasteiger partial charge in [-0.25, -0.2) is 0 Å². The van der Waals surface area contributed by atoms with Gasteiger partial charge in [-0.15, -0.1) is 0 Å². The lowest BCUT2D eigenvalue weighted by Gasteiger charge is -2.07. The molecule has 5 nitrogen and oxygen atoms in total. The van der Waals surface area contributed by atoms with Crippen molar-refractivity contribution in [3.63, 3.8) is 0 Å². The Kier molecular flexibility index (Phi) is 3.94. The van der Waals surface area contributed by atoms with E-state index in [2.05, 4.69) is 105 Å². The summed E-state index contributed by atoms with van der Waals surface area (Å²) in [5.41, 5.74) is 6.45. The first-order valence-corrected chi connectivity index (χ1v) is 14.0. The van der Waals surface area contributed by atoms with Gasteiger partial charge in [-0.3, -0.25) is 4.57 Å². The van der Waals surface area contributed by atoms with Crippen molar-refractivity contribution in [2.45, 2.75) is 0 Å². The Morgan fingerprint density at radius 3 is 2.02 bits per heavy atom. The average molecular weight is 534 g/mol. The number of fused-ring (bicyclic) bond motifs is 13. The van der Waals surface area contributed by atoms with E-state index in [0.29, 0.717) is 11.8 Å². The smallest absolute Gasteiger partial charge is 0.332 e. The molecule has 0 unspecified atom stereocenters. The summed E-state index contributed by atoms with van der Waals surface area (Å²) in [6.07, 6.45) is 0. The van der Waals surface area contributed by atoms with Crippen molar-refractivity contribution < 1.29 is 0 Å². The van der Waals surface area contributed by atoms with E-state index in [1.54, 1.807) is 0 Å². The van der Waals surface area contributed by atoms with E-state index in [9.17, 15) is 0 Å². The highest BCUT2D eigenvalue weighted by Gasteiger charge is 2.26. The molecule has 0 fully saturated rings. The number of aromatic nitrogens is 4. The van der Waals surface area contributed by atoms with E-state index in [1.807, 2.05) is 24.3 Å². The largest absolute Gasteiger partial charge is 0.360 e. The Morgan fingerprint density at radius 1 is 0.524 bits per heavy atom. The summed E-state index contributed by atoms with van der Waals surface area (Å²) in [7, 11) is 0. The van der Waals surface area contributed by atoms with Crippen LogP contribution in [0.1, 0.15) is 0 Å². The monoisotopic (exact) mass is 533 g/mol. The fraction of sp³-hybridized carbons (Fsp3) is 0. The van der Waals surface area contributed by atoms with E-state index >= 15 is 0 Å². The van der Waals surface area contributed by atoms with Crippen molar-refractivity contribution >= 4 is 87.4 Å². The number of benzene rings is 6. The number of rotatable bonds is 1. The van der Waals surface area contributed by atoms with Gasteiger partial charge >= 0.3 is 5.95 Å². The third kappa shape index (κ3) is 2.53. The van der Waals surface area contributed by atoms with E-state index < -0.39 is 0 Å². The normalized spacial score (nSPS) is 12.3. The summed E-state index contributed by atoms with van der Waals surface area (Å²) in [5.74, 6) is 0.873. The molecule has 0 aliphatic rings. The molecule has 0 amide bonds. The van der Waals surface area contributed by atoms with Crippen molar-refractivity contribution in [3.8, 4) is 5.95 Å². The minimum Gasteiger partial charge on any atom is -0.360 e. The molecule has 10 aromatic rings. The molecule has 0 atom stereocenters. The zero-order valence-electron chi connectivity index (χ0n) is 22.2. The van der Waals surface area contributed by atoms with Crippen LogP contribution >= 0.6 is 0 Å². The third-order valence-corrected chi connectivity index (χ3v) is 8.86. The fourth-order valence-corrected chi connectivity index (χ4v) is 7.20. The molecule has 10 rings (SSSR count). The molecule has 0 radical (unpaired) electrons. The molecule has 0 spiro atoms. The predicted molar refractivity (Wildman–Crippen MR) is 172 cm³/mol. The summed E-state index contributed by atoms with van der Waals surface area (Å²) in [5, 5.41) is 10.3. The lowest BCUT2D eigenvalue weighted by molar-refractivity contribution is 1.02. The molecule has 0 aliphatic carbocycles. The van der Waals surface area contributed by atoms with Gasteiger partial charge < -0.3 is 9.25 Å². The van der Waals surface area contributed by atoms with Gasteiger partial charge in [0.1, 0.15) is 0 Å². The first-order valence-electron chi connectivity index (χ1n) is 14.0. The quantitative estimate of drug-likeness (QED) is 0.197. The van der Waals surface area contributed by atoms with Crippen LogP contribution in [0.2, 0.25) is 0 Å². The van der Waals surface area contributed by atoms with Crippen molar-refractivity contribution in [1.82, 2.24) is 18.9 Å². The average Bonchev–Trinajstić information content (AvgIpc) is 3.68. The van der Waals surface area contributed by atoms with Crippen LogP contribution in [0.5, 0.6) is 0 Å². The molecule has 6 aromatic carbocycles. The molecule has 0 N–H and O–H groups in total. The maximum atomic E-state index is 7.93. The zero-order valence-corrected chi connectivity index (χ0v) is 22.2. The van der Waals surface area contributed by atoms with Gasteiger partial charge in [-0.05, 0) is 29.7 Å². The summed E-state index contributed by atoms with van der Waals surface area (Å²) < 4.78 is 4.62. The maximum Gasteiger partial charge on any atom is 0.332 e. The second-order valence-electron chi connectivity index (χ2n) is 10.9. The van der Waals surface area contributed by atoms with Crippen LogP contribution in [-0.2, 0) is 0 Å². The van der Waals surface area contributed by atoms with E-state index in [-0.39, 0.29) is 0 Å². The Morgan fingerprint density at radius 2 is 1.19 bits per heavy atom. The molecule has 0 saturated carbocycles. The van der Waals surface area contributed by atoms with E-state index in [1.165, 1.54) is 48.9 Å². The van der Waals surface area contributed by atoms with Gasteiger partial charge in [0.15, 0.2) is 0 Å². The van der Waals surface area contributed by atoms with E-state index in [0.717, 1.165) is 32.7 Å². The topological polar surface area (TPSA) is 39.5 Å². The summed E-state index contributed by atoms with van der Waals surface area (Å²) in [6.45, 7) is 7.93. The summed E-state index contributed by atoms with van der Waals surface area (Å²) in [4.78, 5) is 13.7. The Hall–Kier alpha value is -5.99. The lowest BCUT2D eigenvalue weighted by atomic mass is 10.0. The summed E-state index contributed by atoms with van der Waals surface area (Å²) in [6, 6.07) is 40.4. The third-order valence-electron chi connectivity index (χ3n) is 8.86. The van der Waals surface area contributed by atoms with Crippen LogP contribution in [0.25, 0.3) is 92.4 Å². The molecule has 192 valence electrons. The number of hydrogen-bond acceptors (Lipinski definition) is 2.